The van der Waals surface area contributed by atoms with Crippen LogP contribution < -0.4 is 0 Å². The van der Waals surface area contributed by atoms with Crippen LogP contribution in [0.25, 0.3) is 11.0 Å². The van der Waals surface area contributed by atoms with Gasteiger partial charge in [0.15, 0.2) is 0 Å². The van der Waals surface area contributed by atoms with Crippen LogP contribution in [0, 0.1) is 0 Å². The smallest absolute Gasteiger partial charge is 0.113 e. The van der Waals surface area contributed by atoms with Gasteiger partial charge in [-0.25, -0.2) is 4.98 Å². The van der Waals surface area contributed by atoms with Crippen LogP contribution >= 0.6 is 12.4 Å². The maximum Gasteiger partial charge on any atom is 0.113 e. The lowest BCUT2D eigenvalue weighted by Crippen LogP contribution is -2.04. The lowest BCUT2D eigenvalue weighted by molar-refractivity contribution is 0.585. The van der Waals surface area contributed by atoms with Crippen LogP contribution in [0.2, 0.25) is 0 Å². The number of halogens is 1. The van der Waals surface area contributed by atoms with Crippen molar-refractivity contribution in [2.75, 3.05) is 0 Å². The van der Waals surface area contributed by atoms with Gasteiger partial charge < -0.3 is 4.57 Å². The average molecular weight is 237 g/mol. The van der Waals surface area contributed by atoms with E-state index in [2.05, 4.69) is 42.7 Å². The molecule has 0 saturated heterocycles. The summed E-state index contributed by atoms with van der Waals surface area (Å²) in [6.07, 6.45) is 2.63. The van der Waals surface area contributed by atoms with Gasteiger partial charge in [0.05, 0.1) is 11.0 Å². The topological polar surface area (TPSA) is 17.8 Å². The Morgan fingerprint density at radius 2 is 1.94 bits per heavy atom. The summed E-state index contributed by atoms with van der Waals surface area (Å²) < 4.78 is 2.40. The summed E-state index contributed by atoms with van der Waals surface area (Å²) in [5, 5.41) is 0. The molecule has 1 saturated carbocycles. The Kier molecular flexibility index (Phi) is 2.94. The molecular weight excluding hydrogens is 220 g/mol. The van der Waals surface area contributed by atoms with E-state index in [4.69, 9.17) is 4.98 Å². The zero-order valence-corrected chi connectivity index (χ0v) is 10.5. The Morgan fingerprint density at radius 1 is 1.25 bits per heavy atom. The van der Waals surface area contributed by atoms with Crippen LogP contribution in [0.3, 0.4) is 0 Å². The summed E-state index contributed by atoms with van der Waals surface area (Å²) in [6, 6.07) is 8.96. The molecule has 1 aromatic heterocycles. The number of nitrogens with zero attached hydrogens (tertiary/aromatic N) is 2. The molecule has 1 fully saturated rings. The van der Waals surface area contributed by atoms with Crippen molar-refractivity contribution in [3.63, 3.8) is 0 Å². The van der Waals surface area contributed by atoms with Crippen LogP contribution in [0.15, 0.2) is 24.3 Å². The molecule has 86 valence electrons. The predicted molar refractivity (Wildman–Crippen MR) is 69.3 cm³/mol. The summed E-state index contributed by atoms with van der Waals surface area (Å²) in [7, 11) is 0. The van der Waals surface area contributed by atoms with Crippen LogP contribution in [0.4, 0.5) is 0 Å². The monoisotopic (exact) mass is 236 g/mol. The molecule has 0 bridgehead atoms. The molecule has 0 atom stereocenters. The lowest BCUT2D eigenvalue weighted by atomic mass is 10.3. The second-order valence-electron chi connectivity index (χ2n) is 4.70. The van der Waals surface area contributed by atoms with Crippen molar-refractivity contribution in [1.82, 2.24) is 9.55 Å². The van der Waals surface area contributed by atoms with Gasteiger partial charge in [0.1, 0.15) is 5.82 Å². The molecule has 0 spiro atoms. The average Bonchev–Trinajstić information content (AvgIpc) is 2.98. The third kappa shape index (κ3) is 1.71. The van der Waals surface area contributed by atoms with Crippen LogP contribution in [-0.2, 0) is 0 Å². The van der Waals surface area contributed by atoms with Gasteiger partial charge in [-0.3, -0.25) is 0 Å². The van der Waals surface area contributed by atoms with E-state index in [1.54, 1.807) is 0 Å². The Labute approximate surface area is 102 Å². The second kappa shape index (κ2) is 4.10. The quantitative estimate of drug-likeness (QED) is 0.773. The fourth-order valence-corrected chi connectivity index (χ4v) is 2.24. The first kappa shape index (κ1) is 11.5. The molecule has 2 nitrogen and oxygen atoms in total. The summed E-state index contributed by atoms with van der Waals surface area (Å²) in [4.78, 5) is 4.76. The summed E-state index contributed by atoms with van der Waals surface area (Å²) in [5.74, 6) is 2.02. The standard InChI is InChI=1S/C13H16N2.ClH/c1-9(2)15-12-6-4-3-5-11(12)14-13(15)10-7-8-10;/h3-6,9-10H,7-8H2,1-2H3;1H. The maximum atomic E-state index is 4.76. The Bertz CT molecular complexity index is 498. The second-order valence-corrected chi connectivity index (χ2v) is 4.70. The zero-order chi connectivity index (χ0) is 10.4. The summed E-state index contributed by atoms with van der Waals surface area (Å²) in [5.41, 5.74) is 2.43. The first-order valence-electron chi connectivity index (χ1n) is 5.74. The third-order valence-corrected chi connectivity index (χ3v) is 3.08. The van der Waals surface area contributed by atoms with Crippen molar-refractivity contribution >= 4 is 23.4 Å². The fourth-order valence-electron chi connectivity index (χ4n) is 2.24. The van der Waals surface area contributed by atoms with E-state index in [1.165, 1.54) is 24.2 Å². The summed E-state index contributed by atoms with van der Waals surface area (Å²) in [6.45, 7) is 4.47. The molecule has 0 aliphatic heterocycles. The van der Waals surface area contributed by atoms with E-state index in [0.717, 1.165) is 11.4 Å². The van der Waals surface area contributed by atoms with Crippen molar-refractivity contribution < 1.29 is 0 Å². The van der Waals surface area contributed by atoms with Gasteiger partial charge in [0.2, 0.25) is 0 Å². The highest BCUT2D eigenvalue weighted by atomic mass is 35.5. The first-order chi connectivity index (χ1) is 7.27. The van der Waals surface area contributed by atoms with Gasteiger partial charge in [-0.2, -0.15) is 0 Å². The number of benzene rings is 1. The SMILES string of the molecule is CC(C)n1c(C2CC2)nc2ccccc21.Cl. The molecule has 2 aromatic rings. The minimum atomic E-state index is 0. The first-order valence-corrected chi connectivity index (χ1v) is 5.74. The number of rotatable bonds is 2. The van der Waals surface area contributed by atoms with Gasteiger partial charge in [-0.15, -0.1) is 12.4 Å². The van der Waals surface area contributed by atoms with Gasteiger partial charge in [-0.05, 0) is 38.8 Å². The predicted octanol–water partition coefficient (Wildman–Crippen LogP) is 3.92. The molecule has 1 aromatic carbocycles. The molecule has 16 heavy (non-hydrogen) atoms. The maximum absolute atomic E-state index is 4.76. The number of imidazole rings is 1. The highest BCUT2D eigenvalue weighted by Crippen LogP contribution is 2.41. The van der Waals surface area contributed by atoms with Crippen LogP contribution in [0.1, 0.15) is 44.5 Å². The zero-order valence-electron chi connectivity index (χ0n) is 9.68. The van der Waals surface area contributed by atoms with Gasteiger partial charge in [0, 0.05) is 12.0 Å². The molecule has 0 radical (unpaired) electrons. The van der Waals surface area contributed by atoms with Crippen LogP contribution in [0.5, 0.6) is 0 Å². The molecule has 1 aliphatic rings. The summed E-state index contributed by atoms with van der Waals surface area (Å²) >= 11 is 0. The van der Waals surface area contributed by atoms with Crippen molar-refractivity contribution in [3.05, 3.63) is 30.1 Å². The van der Waals surface area contributed by atoms with Crippen molar-refractivity contribution in [3.8, 4) is 0 Å². The molecule has 1 aliphatic carbocycles. The Balaban J connectivity index is 0.000000963. The number of hydrogen-bond donors (Lipinski definition) is 0. The van der Waals surface area contributed by atoms with E-state index < -0.39 is 0 Å². The van der Waals surface area contributed by atoms with Crippen molar-refractivity contribution in [2.45, 2.75) is 38.6 Å². The normalized spacial score (nSPS) is 15.4. The molecule has 0 amide bonds. The van der Waals surface area contributed by atoms with E-state index in [-0.39, 0.29) is 12.4 Å². The molecule has 3 rings (SSSR count). The number of para-hydroxylation sites is 2. The van der Waals surface area contributed by atoms with Crippen molar-refractivity contribution in [1.29, 1.82) is 0 Å². The van der Waals surface area contributed by atoms with Gasteiger partial charge >= 0.3 is 0 Å². The molecule has 1 heterocycles. The van der Waals surface area contributed by atoms with Gasteiger partial charge in [-0.1, -0.05) is 12.1 Å². The fraction of sp³-hybridized carbons (Fsp3) is 0.462. The van der Waals surface area contributed by atoms with E-state index in [9.17, 15) is 0 Å². The van der Waals surface area contributed by atoms with E-state index >= 15 is 0 Å². The highest BCUT2D eigenvalue weighted by Gasteiger charge is 2.30. The molecule has 3 heteroatoms. The molecule has 0 N–H and O–H groups in total. The van der Waals surface area contributed by atoms with E-state index in [1.807, 2.05) is 0 Å². The number of aromatic nitrogens is 2. The molecule has 0 unspecified atom stereocenters. The Morgan fingerprint density at radius 3 is 2.56 bits per heavy atom. The number of fused-ring (bicyclic) bond motifs is 1. The van der Waals surface area contributed by atoms with E-state index in [0.29, 0.717) is 6.04 Å². The minimum absolute atomic E-state index is 0. The third-order valence-electron chi connectivity index (χ3n) is 3.08. The Hall–Kier alpha value is -1.02. The largest absolute Gasteiger partial charge is 0.325 e. The molecular formula is C13H17ClN2. The van der Waals surface area contributed by atoms with Crippen molar-refractivity contribution in [2.24, 2.45) is 0 Å². The van der Waals surface area contributed by atoms with Gasteiger partial charge in [0.25, 0.3) is 0 Å². The van der Waals surface area contributed by atoms with Crippen LogP contribution in [-0.4, -0.2) is 9.55 Å². The lowest BCUT2D eigenvalue weighted by Gasteiger charge is -2.12. The highest BCUT2D eigenvalue weighted by molar-refractivity contribution is 5.85. The minimum Gasteiger partial charge on any atom is -0.325 e. The number of hydrogen-bond acceptors (Lipinski definition) is 1.